The number of nitrogens with zero attached hydrogens (tertiary/aromatic N) is 3. The van der Waals surface area contributed by atoms with Gasteiger partial charge < -0.3 is 15.0 Å². The first-order chi connectivity index (χ1) is 10.2. The number of ether oxygens (including phenoxy) is 1. The molecule has 0 amide bonds. The number of aryl methyl sites for hydroxylation is 1. The van der Waals surface area contributed by atoms with Crippen molar-refractivity contribution in [1.82, 2.24) is 15.1 Å². The van der Waals surface area contributed by atoms with E-state index in [1.807, 2.05) is 11.9 Å². The summed E-state index contributed by atoms with van der Waals surface area (Å²) in [6.07, 6.45) is 5.25. The maximum Gasteiger partial charge on any atom is 0.268 e. The molecule has 0 bridgehead atoms. The Morgan fingerprint density at radius 3 is 3.10 bits per heavy atom. The number of hydrogen-bond acceptors (Lipinski definition) is 5. The van der Waals surface area contributed by atoms with Crippen LogP contribution < -0.4 is 15.8 Å². The van der Waals surface area contributed by atoms with Gasteiger partial charge in [-0.1, -0.05) is 0 Å². The van der Waals surface area contributed by atoms with E-state index in [0.29, 0.717) is 19.1 Å². The van der Waals surface area contributed by atoms with Crippen LogP contribution in [0.1, 0.15) is 19.3 Å². The Balaban J connectivity index is 1.90. The van der Waals surface area contributed by atoms with E-state index in [4.69, 9.17) is 4.74 Å². The highest BCUT2D eigenvalue weighted by atomic mass is 16.5. The first-order valence-corrected chi connectivity index (χ1v) is 7.68. The minimum atomic E-state index is -0.0273. The molecule has 1 unspecified atom stereocenters. The van der Waals surface area contributed by atoms with Crippen LogP contribution in [0.25, 0.3) is 0 Å². The fourth-order valence-corrected chi connectivity index (χ4v) is 2.63. The molecule has 1 aliphatic heterocycles. The van der Waals surface area contributed by atoms with Crippen LogP contribution >= 0.6 is 0 Å². The highest BCUT2D eigenvalue weighted by Gasteiger charge is 2.13. The zero-order valence-electron chi connectivity index (χ0n) is 13.0. The Morgan fingerprint density at radius 1 is 1.57 bits per heavy atom. The fourth-order valence-electron chi connectivity index (χ4n) is 2.63. The number of hydrogen-bond donors (Lipinski definition) is 1. The number of piperidine rings is 1. The second kappa shape index (κ2) is 8.14. The lowest BCUT2D eigenvalue weighted by molar-refractivity contribution is 0.206. The molecule has 1 saturated heterocycles. The summed E-state index contributed by atoms with van der Waals surface area (Å²) in [6, 6.07) is 1.65. The van der Waals surface area contributed by atoms with Crippen LogP contribution in [-0.2, 0) is 11.3 Å². The van der Waals surface area contributed by atoms with Crippen molar-refractivity contribution in [2.24, 2.45) is 5.92 Å². The summed E-state index contributed by atoms with van der Waals surface area (Å²) < 4.78 is 6.61. The van der Waals surface area contributed by atoms with E-state index in [2.05, 4.69) is 10.4 Å². The molecule has 0 spiro atoms. The second-order valence-electron chi connectivity index (χ2n) is 5.69. The van der Waals surface area contributed by atoms with Gasteiger partial charge in [0.25, 0.3) is 5.56 Å². The predicted molar refractivity (Wildman–Crippen MR) is 83.9 cm³/mol. The maximum atomic E-state index is 12.1. The Hall–Kier alpha value is -1.40. The van der Waals surface area contributed by atoms with Gasteiger partial charge in [-0.05, 0) is 38.3 Å². The molecular formula is C15H26N4O2. The van der Waals surface area contributed by atoms with E-state index < -0.39 is 0 Å². The third kappa shape index (κ3) is 4.82. The van der Waals surface area contributed by atoms with Gasteiger partial charge in [0.1, 0.15) is 0 Å². The van der Waals surface area contributed by atoms with Crippen LogP contribution in [0, 0.1) is 5.92 Å². The van der Waals surface area contributed by atoms with Crippen molar-refractivity contribution in [1.29, 1.82) is 0 Å². The highest BCUT2D eigenvalue weighted by Crippen LogP contribution is 2.14. The zero-order chi connectivity index (χ0) is 15.1. The smallest absolute Gasteiger partial charge is 0.268 e. The molecule has 1 aromatic heterocycles. The number of rotatable bonds is 7. The molecule has 118 valence electrons. The summed E-state index contributed by atoms with van der Waals surface area (Å²) in [5.41, 5.74) is 0.813. The standard InChI is InChI=1S/C15H26N4O2/c1-18(8-9-21-2)14-10-15(20)19(17-12-14)7-5-13-4-3-6-16-11-13/h10,12-13,16H,3-9,11H2,1-2H3. The first-order valence-electron chi connectivity index (χ1n) is 7.68. The van der Waals surface area contributed by atoms with Crippen LogP contribution in [0.5, 0.6) is 0 Å². The maximum absolute atomic E-state index is 12.1. The monoisotopic (exact) mass is 294 g/mol. The molecule has 0 radical (unpaired) electrons. The van der Waals surface area contributed by atoms with Gasteiger partial charge in [-0.3, -0.25) is 4.79 Å². The Kier molecular flexibility index (Phi) is 6.20. The van der Waals surface area contributed by atoms with Crippen molar-refractivity contribution < 1.29 is 4.74 Å². The second-order valence-corrected chi connectivity index (χ2v) is 5.69. The lowest BCUT2D eigenvalue weighted by Crippen LogP contribution is -2.32. The summed E-state index contributed by atoms with van der Waals surface area (Å²) in [5.74, 6) is 0.663. The third-order valence-corrected chi connectivity index (χ3v) is 4.07. The normalized spacial score (nSPS) is 18.7. The SMILES string of the molecule is COCCN(C)c1cnn(CCC2CCCNC2)c(=O)c1. The molecular weight excluding hydrogens is 268 g/mol. The van der Waals surface area contributed by atoms with E-state index in [1.165, 1.54) is 12.8 Å². The predicted octanol–water partition coefficient (Wildman–Crippen LogP) is 0.716. The van der Waals surface area contributed by atoms with Gasteiger partial charge in [-0.15, -0.1) is 0 Å². The van der Waals surface area contributed by atoms with Crippen LogP contribution in [0.2, 0.25) is 0 Å². The van der Waals surface area contributed by atoms with E-state index in [1.54, 1.807) is 24.1 Å². The van der Waals surface area contributed by atoms with E-state index in [9.17, 15) is 4.79 Å². The summed E-state index contributed by atoms with van der Waals surface area (Å²) in [7, 11) is 3.61. The minimum Gasteiger partial charge on any atom is -0.383 e. The number of likely N-dealkylation sites (N-methyl/N-ethyl adjacent to an activating group) is 1. The summed E-state index contributed by atoms with van der Waals surface area (Å²) in [6.45, 7) is 4.26. The molecule has 6 heteroatoms. The molecule has 2 heterocycles. The van der Waals surface area contributed by atoms with Gasteiger partial charge in [-0.25, -0.2) is 4.68 Å². The molecule has 1 N–H and O–H groups in total. The molecule has 1 aliphatic rings. The summed E-state index contributed by atoms with van der Waals surface area (Å²) in [5, 5.41) is 7.70. The van der Waals surface area contributed by atoms with E-state index >= 15 is 0 Å². The molecule has 1 fully saturated rings. The van der Waals surface area contributed by atoms with Crippen molar-refractivity contribution in [2.45, 2.75) is 25.8 Å². The minimum absolute atomic E-state index is 0.0273. The topological polar surface area (TPSA) is 59.4 Å². The number of anilines is 1. The van der Waals surface area contributed by atoms with Crippen molar-refractivity contribution >= 4 is 5.69 Å². The lowest BCUT2D eigenvalue weighted by atomic mass is 9.96. The average molecular weight is 294 g/mol. The van der Waals surface area contributed by atoms with Crippen LogP contribution in [0.4, 0.5) is 5.69 Å². The molecule has 1 atom stereocenters. The molecule has 1 aromatic rings. The Labute approximate surface area is 126 Å². The third-order valence-electron chi connectivity index (χ3n) is 4.07. The van der Waals surface area contributed by atoms with E-state index in [-0.39, 0.29) is 5.56 Å². The fraction of sp³-hybridized carbons (Fsp3) is 0.733. The molecule has 0 saturated carbocycles. The van der Waals surface area contributed by atoms with Crippen molar-refractivity contribution in [3.63, 3.8) is 0 Å². The quantitative estimate of drug-likeness (QED) is 0.803. The molecule has 21 heavy (non-hydrogen) atoms. The Morgan fingerprint density at radius 2 is 2.43 bits per heavy atom. The number of aromatic nitrogens is 2. The van der Waals surface area contributed by atoms with Crippen LogP contribution in [0.3, 0.4) is 0 Å². The van der Waals surface area contributed by atoms with Crippen LogP contribution in [-0.4, -0.2) is 50.2 Å². The van der Waals surface area contributed by atoms with Crippen molar-refractivity contribution in [2.75, 3.05) is 45.3 Å². The van der Waals surface area contributed by atoms with Gasteiger partial charge in [-0.2, -0.15) is 5.10 Å². The lowest BCUT2D eigenvalue weighted by Gasteiger charge is -2.23. The highest BCUT2D eigenvalue weighted by molar-refractivity contribution is 5.41. The zero-order valence-corrected chi connectivity index (χ0v) is 13.0. The summed E-state index contributed by atoms with van der Waals surface area (Å²) >= 11 is 0. The first kappa shape index (κ1) is 16.0. The molecule has 2 rings (SSSR count). The Bertz CT molecular complexity index is 483. The van der Waals surface area contributed by atoms with Crippen molar-refractivity contribution in [3.8, 4) is 0 Å². The molecule has 6 nitrogen and oxygen atoms in total. The molecule has 0 aliphatic carbocycles. The van der Waals surface area contributed by atoms with Gasteiger partial charge in [0.15, 0.2) is 0 Å². The van der Waals surface area contributed by atoms with Crippen LogP contribution in [0.15, 0.2) is 17.1 Å². The van der Waals surface area contributed by atoms with Gasteiger partial charge in [0.05, 0.1) is 18.5 Å². The molecule has 0 aromatic carbocycles. The van der Waals surface area contributed by atoms with Crippen molar-refractivity contribution in [3.05, 3.63) is 22.6 Å². The number of methoxy groups -OCH3 is 1. The van der Waals surface area contributed by atoms with Gasteiger partial charge in [0.2, 0.25) is 0 Å². The average Bonchev–Trinajstić information content (AvgIpc) is 2.52. The summed E-state index contributed by atoms with van der Waals surface area (Å²) in [4.78, 5) is 14.1. The number of nitrogens with one attached hydrogen (secondary N) is 1. The van der Waals surface area contributed by atoms with Gasteiger partial charge in [0, 0.05) is 33.3 Å². The largest absolute Gasteiger partial charge is 0.383 e. The van der Waals surface area contributed by atoms with E-state index in [0.717, 1.165) is 31.7 Å². The van der Waals surface area contributed by atoms with Gasteiger partial charge >= 0.3 is 0 Å².